The molecule has 0 spiro atoms. The van der Waals surface area contributed by atoms with Crippen molar-refractivity contribution >= 4 is 17.4 Å². The third kappa shape index (κ3) is 4.55. The number of nitrogens with one attached hydrogen (secondary N) is 1. The smallest absolute Gasteiger partial charge is 0.335 e. The van der Waals surface area contributed by atoms with Crippen molar-refractivity contribution in [1.82, 2.24) is 14.6 Å². The molecule has 0 aliphatic heterocycles. The molecule has 1 atom stereocenters. The lowest BCUT2D eigenvalue weighted by molar-refractivity contribution is 0.0697. The Morgan fingerprint density at radius 3 is 2.61 bits per heavy atom. The number of aliphatic hydroxyl groups is 1. The van der Waals surface area contributed by atoms with Gasteiger partial charge in [0.15, 0.2) is 0 Å². The first-order valence-electron chi connectivity index (χ1n) is 10.6. The van der Waals surface area contributed by atoms with Gasteiger partial charge in [0, 0.05) is 30.3 Å². The number of aliphatic hydroxyl groups excluding tert-OH is 1. The highest BCUT2D eigenvalue weighted by Crippen LogP contribution is 2.37. The summed E-state index contributed by atoms with van der Waals surface area (Å²) in [7, 11) is 1.66. The normalized spacial score (nSPS) is 20.0. The minimum atomic E-state index is -0.945. The second-order valence-corrected chi connectivity index (χ2v) is 8.25. The molecular formula is C23H28N4O4. The third-order valence-corrected chi connectivity index (χ3v) is 5.89. The van der Waals surface area contributed by atoms with Crippen molar-refractivity contribution in [3.05, 3.63) is 47.8 Å². The van der Waals surface area contributed by atoms with E-state index in [0.717, 1.165) is 48.0 Å². The van der Waals surface area contributed by atoms with Crippen LogP contribution in [-0.4, -0.2) is 56.6 Å². The minimum Gasteiger partial charge on any atom is -0.478 e. The first-order valence-corrected chi connectivity index (χ1v) is 10.6. The summed E-state index contributed by atoms with van der Waals surface area (Å²) in [6.07, 6.45) is 4.93. The summed E-state index contributed by atoms with van der Waals surface area (Å²) < 4.78 is 7.13. The molecule has 1 aliphatic rings. The molecule has 1 aliphatic carbocycles. The summed E-state index contributed by atoms with van der Waals surface area (Å²) >= 11 is 0. The van der Waals surface area contributed by atoms with E-state index in [9.17, 15) is 15.0 Å². The number of hydrogen-bond donors (Lipinski definition) is 3. The summed E-state index contributed by atoms with van der Waals surface area (Å²) in [6, 6.07) is 9.06. The van der Waals surface area contributed by atoms with E-state index in [1.54, 1.807) is 25.4 Å². The molecule has 3 N–H and O–H groups in total. The van der Waals surface area contributed by atoms with Gasteiger partial charge in [-0.05, 0) is 56.4 Å². The number of carboxylic acids is 1. The van der Waals surface area contributed by atoms with Crippen LogP contribution < -0.4 is 5.32 Å². The predicted molar refractivity (Wildman–Crippen MR) is 118 cm³/mol. The number of aromatic nitrogens is 3. The Morgan fingerprint density at radius 1 is 1.26 bits per heavy atom. The Balaban J connectivity index is 1.76. The number of carboxylic acid groups (broad SMARTS) is 1. The van der Waals surface area contributed by atoms with Crippen molar-refractivity contribution in [2.24, 2.45) is 0 Å². The average molecular weight is 425 g/mol. The number of ether oxygens (including phenoxy) is 1. The standard InChI is InChI=1S/C23H28N4O4/c1-14(13-31-2)25-23-24-12-21-19(15-3-5-17(6-4-15)22(29)30)11-20(27(21)26-23)16-7-9-18(28)10-8-16/h3-6,11-12,14,16,18,28H,7-10,13H2,1-2H3,(H,25,26)(H,29,30)/t14?,16-,18-. The van der Waals surface area contributed by atoms with Gasteiger partial charge in [-0.2, -0.15) is 0 Å². The quantitative estimate of drug-likeness (QED) is 0.532. The molecule has 1 aromatic carbocycles. The van der Waals surface area contributed by atoms with Crippen LogP contribution in [0.5, 0.6) is 0 Å². The molecule has 0 bridgehead atoms. The maximum atomic E-state index is 11.2. The van der Waals surface area contributed by atoms with Crippen molar-refractivity contribution in [3.8, 4) is 11.1 Å². The fourth-order valence-electron chi connectivity index (χ4n) is 4.28. The zero-order valence-electron chi connectivity index (χ0n) is 17.8. The molecule has 0 radical (unpaired) electrons. The molecule has 2 aromatic heterocycles. The Labute approximate surface area is 180 Å². The highest BCUT2D eigenvalue weighted by molar-refractivity contribution is 5.89. The van der Waals surface area contributed by atoms with E-state index in [2.05, 4.69) is 16.4 Å². The Morgan fingerprint density at radius 2 is 1.97 bits per heavy atom. The van der Waals surface area contributed by atoms with Gasteiger partial charge in [-0.1, -0.05) is 12.1 Å². The highest BCUT2D eigenvalue weighted by atomic mass is 16.5. The van der Waals surface area contributed by atoms with E-state index in [4.69, 9.17) is 9.84 Å². The van der Waals surface area contributed by atoms with Gasteiger partial charge in [-0.3, -0.25) is 0 Å². The van der Waals surface area contributed by atoms with E-state index in [1.165, 1.54) is 0 Å². The average Bonchev–Trinajstić information content (AvgIpc) is 3.13. The number of fused-ring (bicyclic) bond motifs is 1. The SMILES string of the molecule is COCC(C)Nc1ncc2c(-c3ccc(C(=O)O)cc3)cc([C@H]3CC[C@H](O)CC3)n2n1. The van der Waals surface area contributed by atoms with Crippen LogP contribution in [-0.2, 0) is 4.74 Å². The number of hydrogen-bond acceptors (Lipinski definition) is 6. The van der Waals surface area contributed by atoms with Crippen LogP contribution in [0.3, 0.4) is 0 Å². The predicted octanol–water partition coefficient (Wildman–Crippen LogP) is 3.56. The van der Waals surface area contributed by atoms with Gasteiger partial charge in [0.25, 0.3) is 0 Å². The summed E-state index contributed by atoms with van der Waals surface area (Å²) in [6.45, 7) is 2.55. The van der Waals surface area contributed by atoms with Crippen LogP contribution in [0.1, 0.15) is 54.6 Å². The first-order chi connectivity index (χ1) is 15.0. The Bertz CT molecular complexity index is 1060. The molecule has 1 fully saturated rings. The number of benzene rings is 1. The maximum absolute atomic E-state index is 11.2. The summed E-state index contributed by atoms with van der Waals surface area (Å²) in [4.78, 5) is 15.7. The van der Waals surface area contributed by atoms with Gasteiger partial charge in [-0.25, -0.2) is 14.3 Å². The molecule has 8 nitrogen and oxygen atoms in total. The van der Waals surface area contributed by atoms with Crippen molar-refractivity contribution in [2.45, 2.75) is 50.7 Å². The molecule has 164 valence electrons. The number of rotatable bonds is 7. The Kier molecular flexibility index (Phi) is 6.20. The largest absolute Gasteiger partial charge is 0.478 e. The van der Waals surface area contributed by atoms with Gasteiger partial charge in [0.05, 0.1) is 30.0 Å². The number of nitrogens with zero attached hydrogens (tertiary/aromatic N) is 3. The van der Waals surface area contributed by atoms with Gasteiger partial charge in [-0.15, -0.1) is 5.10 Å². The molecule has 1 saturated carbocycles. The van der Waals surface area contributed by atoms with Crippen LogP contribution in [0, 0.1) is 0 Å². The number of anilines is 1. The van der Waals surface area contributed by atoms with Crippen LogP contribution in [0.15, 0.2) is 36.5 Å². The van der Waals surface area contributed by atoms with Crippen LogP contribution in [0.25, 0.3) is 16.6 Å². The molecule has 0 amide bonds. The lowest BCUT2D eigenvalue weighted by atomic mass is 9.85. The van der Waals surface area contributed by atoms with E-state index >= 15 is 0 Å². The number of methoxy groups -OCH3 is 1. The topological polar surface area (TPSA) is 109 Å². The monoisotopic (exact) mass is 424 g/mol. The molecule has 0 saturated heterocycles. The summed E-state index contributed by atoms with van der Waals surface area (Å²) in [5, 5.41) is 27.2. The van der Waals surface area contributed by atoms with E-state index < -0.39 is 5.97 Å². The van der Waals surface area contributed by atoms with E-state index in [-0.39, 0.29) is 17.7 Å². The van der Waals surface area contributed by atoms with Crippen molar-refractivity contribution < 1.29 is 19.7 Å². The lowest BCUT2D eigenvalue weighted by Crippen LogP contribution is -2.23. The van der Waals surface area contributed by atoms with Crippen molar-refractivity contribution in [2.75, 3.05) is 19.0 Å². The first kappa shape index (κ1) is 21.3. The lowest BCUT2D eigenvalue weighted by Gasteiger charge is -2.25. The fraction of sp³-hybridized carbons (Fsp3) is 0.435. The van der Waals surface area contributed by atoms with Gasteiger partial charge in [0.1, 0.15) is 0 Å². The molecule has 8 heteroatoms. The van der Waals surface area contributed by atoms with E-state index in [0.29, 0.717) is 18.5 Å². The van der Waals surface area contributed by atoms with Gasteiger partial charge in [0.2, 0.25) is 5.95 Å². The second-order valence-electron chi connectivity index (χ2n) is 8.25. The third-order valence-electron chi connectivity index (χ3n) is 5.89. The second kappa shape index (κ2) is 9.03. The molecule has 4 rings (SSSR count). The molecule has 31 heavy (non-hydrogen) atoms. The zero-order valence-corrected chi connectivity index (χ0v) is 17.8. The zero-order chi connectivity index (χ0) is 22.0. The summed E-state index contributed by atoms with van der Waals surface area (Å²) in [5.41, 5.74) is 4.10. The molecule has 2 heterocycles. The summed E-state index contributed by atoms with van der Waals surface area (Å²) in [5.74, 6) is -0.126. The van der Waals surface area contributed by atoms with Crippen LogP contribution in [0.4, 0.5) is 5.95 Å². The van der Waals surface area contributed by atoms with E-state index in [1.807, 2.05) is 23.6 Å². The van der Waals surface area contributed by atoms with Crippen molar-refractivity contribution in [3.63, 3.8) is 0 Å². The van der Waals surface area contributed by atoms with Crippen molar-refractivity contribution in [1.29, 1.82) is 0 Å². The Hall–Kier alpha value is -2.97. The minimum absolute atomic E-state index is 0.0642. The van der Waals surface area contributed by atoms with Gasteiger partial charge >= 0.3 is 5.97 Å². The highest BCUT2D eigenvalue weighted by Gasteiger charge is 2.25. The maximum Gasteiger partial charge on any atom is 0.335 e. The molecular weight excluding hydrogens is 396 g/mol. The van der Waals surface area contributed by atoms with Crippen LogP contribution in [0.2, 0.25) is 0 Å². The number of aromatic carboxylic acids is 1. The van der Waals surface area contributed by atoms with Crippen LogP contribution >= 0.6 is 0 Å². The number of carbonyl (C=O) groups is 1. The fourth-order valence-corrected chi connectivity index (χ4v) is 4.28. The molecule has 3 aromatic rings. The van der Waals surface area contributed by atoms with Gasteiger partial charge < -0.3 is 20.3 Å². The molecule has 1 unspecified atom stereocenters.